The van der Waals surface area contributed by atoms with Gasteiger partial charge in [0.2, 0.25) is 0 Å². The summed E-state index contributed by atoms with van der Waals surface area (Å²) in [5.41, 5.74) is 3.46. The molecule has 1 N–H and O–H groups in total. The van der Waals surface area contributed by atoms with Crippen molar-refractivity contribution in [2.75, 3.05) is 7.05 Å². The highest BCUT2D eigenvalue weighted by molar-refractivity contribution is 5.94. The van der Waals surface area contributed by atoms with Gasteiger partial charge < -0.3 is 10.0 Å². The fourth-order valence-electron chi connectivity index (χ4n) is 2.25. The molecule has 0 fully saturated rings. The molecule has 112 valence electrons. The molecule has 1 amide bonds. The standard InChI is InChI=1S/C16H21N3O2/c1-5-12-8-13(6-7-15(12)20)16(21)18(3)10-14-9-17-19(4)11(14)2/h6-9,20H,5,10H2,1-4H3. The van der Waals surface area contributed by atoms with Crippen LogP contribution in [0.2, 0.25) is 0 Å². The lowest BCUT2D eigenvalue weighted by Crippen LogP contribution is -2.26. The van der Waals surface area contributed by atoms with Crippen molar-refractivity contribution in [1.82, 2.24) is 14.7 Å². The van der Waals surface area contributed by atoms with E-state index in [1.54, 1.807) is 41.0 Å². The van der Waals surface area contributed by atoms with E-state index < -0.39 is 0 Å². The van der Waals surface area contributed by atoms with Gasteiger partial charge in [-0.15, -0.1) is 0 Å². The van der Waals surface area contributed by atoms with E-state index in [4.69, 9.17) is 0 Å². The van der Waals surface area contributed by atoms with Crippen molar-refractivity contribution < 1.29 is 9.90 Å². The van der Waals surface area contributed by atoms with Crippen molar-refractivity contribution in [3.8, 4) is 5.75 Å². The number of aromatic nitrogens is 2. The fourth-order valence-corrected chi connectivity index (χ4v) is 2.25. The molecule has 0 unspecified atom stereocenters. The number of carbonyl (C=O) groups is 1. The summed E-state index contributed by atoms with van der Waals surface area (Å²) < 4.78 is 1.80. The van der Waals surface area contributed by atoms with Gasteiger partial charge in [-0.3, -0.25) is 9.48 Å². The average molecular weight is 287 g/mol. The lowest BCUT2D eigenvalue weighted by Gasteiger charge is -2.17. The number of amides is 1. The topological polar surface area (TPSA) is 58.4 Å². The number of phenolic OH excluding ortho intramolecular Hbond substituents is 1. The minimum atomic E-state index is -0.0621. The number of carbonyl (C=O) groups excluding carboxylic acids is 1. The van der Waals surface area contributed by atoms with Crippen LogP contribution in [0.1, 0.15) is 34.1 Å². The van der Waals surface area contributed by atoms with E-state index in [9.17, 15) is 9.90 Å². The smallest absolute Gasteiger partial charge is 0.253 e. The Labute approximate surface area is 124 Å². The molecule has 0 spiro atoms. The third kappa shape index (κ3) is 3.07. The van der Waals surface area contributed by atoms with Gasteiger partial charge in [0.05, 0.1) is 6.20 Å². The van der Waals surface area contributed by atoms with Gasteiger partial charge in [-0.25, -0.2) is 0 Å². The first kappa shape index (κ1) is 15.1. The Bertz CT molecular complexity index is 662. The van der Waals surface area contributed by atoms with Gasteiger partial charge >= 0.3 is 0 Å². The van der Waals surface area contributed by atoms with Crippen LogP contribution in [0.4, 0.5) is 0 Å². The maximum absolute atomic E-state index is 12.5. The van der Waals surface area contributed by atoms with E-state index in [2.05, 4.69) is 5.10 Å². The van der Waals surface area contributed by atoms with Gasteiger partial charge in [0.15, 0.2) is 0 Å². The van der Waals surface area contributed by atoms with Crippen LogP contribution < -0.4 is 0 Å². The van der Waals surface area contributed by atoms with Crippen molar-refractivity contribution in [3.63, 3.8) is 0 Å². The van der Waals surface area contributed by atoms with Gasteiger partial charge in [-0.2, -0.15) is 5.10 Å². The van der Waals surface area contributed by atoms with Crippen molar-refractivity contribution in [2.45, 2.75) is 26.8 Å². The highest BCUT2D eigenvalue weighted by Gasteiger charge is 2.15. The molecule has 1 aromatic carbocycles. The minimum absolute atomic E-state index is 0.0621. The van der Waals surface area contributed by atoms with Crippen molar-refractivity contribution in [3.05, 3.63) is 46.8 Å². The summed E-state index contributed by atoms with van der Waals surface area (Å²) in [6.45, 7) is 4.45. The second-order valence-corrected chi connectivity index (χ2v) is 5.24. The van der Waals surface area contributed by atoms with E-state index in [0.717, 1.165) is 16.8 Å². The Morgan fingerprint density at radius 1 is 1.38 bits per heavy atom. The second kappa shape index (κ2) is 5.99. The molecule has 1 aromatic heterocycles. The van der Waals surface area contributed by atoms with Crippen molar-refractivity contribution in [2.24, 2.45) is 7.05 Å². The Morgan fingerprint density at radius 3 is 2.67 bits per heavy atom. The molecule has 0 atom stereocenters. The summed E-state index contributed by atoms with van der Waals surface area (Å²) >= 11 is 0. The van der Waals surface area contributed by atoms with Crippen LogP contribution >= 0.6 is 0 Å². The van der Waals surface area contributed by atoms with Gasteiger partial charge in [0.25, 0.3) is 5.91 Å². The first-order valence-corrected chi connectivity index (χ1v) is 6.98. The SMILES string of the molecule is CCc1cc(C(=O)N(C)Cc2cnn(C)c2C)ccc1O. The van der Waals surface area contributed by atoms with Crippen LogP contribution in [-0.2, 0) is 20.0 Å². The van der Waals surface area contributed by atoms with E-state index >= 15 is 0 Å². The summed E-state index contributed by atoms with van der Waals surface area (Å²) in [6, 6.07) is 4.99. The molecule has 0 aliphatic carbocycles. The molecule has 0 aliphatic heterocycles. The Morgan fingerprint density at radius 2 is 2.10 bits per heavy atom. The van der Waals surface area contributed by atoms with Gasteiger partial charge in [0.1, 0.15) is 5.75 Å². The fraction of sp³-hybridized carbons (Fsp3) is 0.375. The second-order valence-electron chi connectivity index (χ2n) is 5.24. The molecule has 0 saturated heterocycles. The lowest BCUT2D eigenvalue weighted by atomic mass is 10.1. The number of hydrogen-bond acceptors (Lipinski definition) is 3. The largest absolute Gasteiger partial charge is 0.508 e. The minimum Gasteiger partial charge on any atom is -0.508 e. The number of phenols is 1. The monoisotopic (exact) mass is 287 g/mol. The van der Waals surface area contributed by atoms with Crippen LogP contribution in [0.5, 0.6) is 5.75 Å². The van der Waals surface area contributed by atoms with E-state index in [1.807, 2.05) is 20.9 Å². The zero-order valence-corrected chi connectivity index (χ0v) is 12.9. The Kier molecular flexibility index (Phi) is 4.31. The zero-order valence-electron chi connectivity index (χ0n) is 12.9. The maximum Gasteiger partial charge on any atom is 0.253 e. The summed E-state index contributed by atoms with van der Waals surface area (Å²) in [5.74, 6) is 0.174. The zero-order chi connectivity index (χ0) is 15.6. The third-order valence-corrected chi connectivity index (χ3v) is 3.80. The van der Waals surface area contributed by atoms with Crippen LogP contribution in [0, 0.1) is 6.92 Å². The Hall–Kier alpha value is -2.30. The molecule has 2 aromatic rings. The molecule has 0 aliphatic rings. The molecule has 5 nitrogen and oxygen atoms in total. The predicted molar refractivity (Wildman–Crippen MR) is 81.2 cm³/mol. The molecular formula is C16H21N3O2. The summed E-state index contributed by atoms with van der Waals surface area (Å²) in [5, 5.41) is 13.9. The molecule has 21 heavy (non-hydrogen) atoms. The van der Waals surface area contributed by atoms with E-state index in [0.29, 0.717) is 18.5 Å². The first-order valence-electron chi connectivity index (χ1n) is 6.98. The Balaban J connectivity index is 2.17. The molecule has 2 rings (SSSR count). The number of hydrogen-bond donors (Lipinski definition) is 1. The molecule has 5 heteroatoms. The quantitative estimate of drug-likeness (QED) is 0.938. The average Bonchev–Trinajstić information content (AvgIpc) is 2.79. The summed E-state index contributed by atoms with van der Waals surface area (Å²) in [7, 11) is 3.65. The number of rotatable bonds is 4. The molecule has 1 heterocycles. The summed E-state index contributed by atoms with van der Waals surface area (Å²) in [4.78, 5) is 14.1. The van der Waals surface area contributed by atoms with Crippen molar-refractivity contribution in [1.29, 1.82) is 0 Å². The van der Waals surface area contributed by atoms with E-state index in [-0.39, 0.29) is 11.7 Å². The molecule has 0 bridgehead atoms. The van der Waals surface area contributed by atoms with Gasteiger partial charge in [-0.05, 0) is 37.1 Å². The first-order chi connectivity index (χ1) is 9.93. The molecule has 0 saturated carbocycles. The summed E-state index contributed by atoms with van der Waals surface area (Å²) in [6.07, 6.45) is 2.48. The highest BCUT2D eigenvalue weighted by Crippen LogP contribution is 2.20. The van der Waals surface area contributed by atoms with Gasteiger partial charge in [0, 0.05) is 37.5 Å². The molecule has 0 radical (unpaired) electrons. The maximum atomic E-state index is 12.5. The highest BCUT2D eigenvalue weighted by atomic mass is 16.3. The number of nitrogens with zero attached hydrogens (tertiary/aromatic N) is 3. The van der Waals surface area contributed by atoms with Crippen molar-refractivity contribution >= 4 is 5.91 Å². The lowest BCUT2D eigenvalue weighted by molar-refractivity contribution is 0.0785. The predicted octanol–water partition coefficient (Wildman–Crippen LogP) is 2.27. The number of aryl methyl sites for hydroxylation is 2. The van der Waals surface area contributed by atoms with Crippen LogP contribution in [-0.4, -0.2) is 32.7 Å². The van der Waals surface area contributed by atoms with Gasteiger partial charge in [-0.1, -0.05) is 6.92 Å². The van der Waals surface area contributed by atoms with E-state index in [1.165, 1.54) is 0 Å². The normalized spacial score (nSPS) is 10.7. The van der Waals surface area contributed by atoms with Crippen LogP contribution in [0.15, 0.2) is 24.4 Å². The third-order valence-electron chi connectivity index (χ3n) is 3.80. The number of benzene rings is 1. The van der Waals surface area contributed by atoms with Crippen LogP contribution in [0.3, 0.4) is 0 Å². The van der Waals surface area contributed by atoms with Crippen LogP contribution in [0.25, 0.3) is 0 Å². The number of aromatic hydroxyl groups is 1. The molecular weight excluding hydrogens is 266 g/mol.